The number of amides is 1. The third-order valence-corrected chi connectivity index (χ3v) is 5.87. The Balaban J connectivity index is 2.40. The summed E-state index contributed by atoms with van der Waals surface area (Å²) in [7, 11) is -0.845. The van der Waals surface area contributed by atoms with E-state index in [-0.39, 0.29) is 28.8 Å². The molecular formula is C14H21N3O4S. The minimum atomic E-state index is -3.75. The number of benzene rings is 1. The molecule has 2 rings (SSSR count). The number of nitrogens with two attached hydrogens (primary N) is 2. The Morgan fingerprint density at radius 2 is 2.09 bits per heavy atom. The molecule has 22 heavy (non-hydrogen) atoms. The Morgan fingerprint density at radius 3 is 2.55 bits per heavy atom. The first-order valence-electron chi connectivity index (χ1n) is 6.98. The molecule has 0 bridgehead atoms. The van der Waals surface area contributed by atoms with Crippen LogP contribution in [0.1, 0.15) is 23.2 Å². The predicted molar refractivity (Wildman–Crippen MR) is 82.0 cm³/mol. The van der Waals surface area contributed by atoms with Crippen molar-refractivity contribution in [3.05, 3.63) is 23.8 Å². The van der Waals surface area contributed by atoms with E-state index >= 15 is 0 Å². The smallest absolute Gasteiger partial charge is 0.252 e. The zero-order valence-corrected chi connectivity index (χ0v) is 13.5. The van der Waals surface area contributed by atoms with E-state index in [1.165, 1.54) is 36.7 Å². The quantitative estimate of drug-likeness (QED) is 0.739. The highest BCUT2D eigenvalue weighted by Crippen LogP contribution is 2.36. The summed E-state index contributed by atoms with van der Waals surface area (Å²) in [6.07, 6.45) is 1.97. The van der Waals surface area contributed by atoms with E-state index in [2.05, 4.69) is 0 Å². The van der Waals surface area contributed by atoms with Gasteiger partial charge < -0.3 is 16.2 Å². The topological polar surface area (TPSA) is 116 Å². The van der Waals surface area contributed by atoms with Crippen molar-refractivity contribution in [2.24, 2.45) is 17.4 Å². The zero-order chi connectivity index (χ0) is 16.5. The number of hydrogen-bond acceptors (Lipinski definition) is 5. The fourth-order valence-corrected chi connectivity index (χ4v) is 3.96. The molecule has 1 amide bonds. The van der Waals surface area contributed by atoms with Crippen LogP contribution in [-0.4, -0.2) is 45.4 Å². The number of hydrogen-bond donors (Lipinski definition) is 2. The molecule has 8 heteroatoms. The van der Waals surface area contributed by atoms with Gasteiger partial charge in [-0.2, -0.15) is 4.31 Å². The van der Waals surface area contributed by atoms with Gasteiger partial charge in [0.1, 0.15) is 5.75 Å². The van der Waals surface area contributed by atoms with Gasteiger partial charge in [0, 0.05) is 19.6 Å². The second-order valence-corrected chi connectivity index (χ2v) is 7.39. The van der Waals surface area contributed by atoms with Crippen LogP contribution in [0.25, 0.3) is 0 Å². The van der Waals surface area contributed by atoms with Gasteiger partial charge in [-0.15, -0.1) is 0 Å². The van der Waals surface area contributed by atoms with Gasteiger partial charge in [0.2, 0.25) is 10.0 Å². The number of carbonyl (C=O) groups excluding carboxylic acids is 1. The monoisotopic (exact) mass is 327 g/mol. The van der Waals surface area contributed by atoms with Crippen LogP contribution in [0.15, 0.2) is 23.1 Å². The van der Waals surface area contributed by atoms with Crippen molar-refractivity contribution in [3.63, 3.8) is 0 Å². The molecule has 122 valence electrons. The standard InChI is InChI=1S/C14H21N3O4S/c1-17(12(8-15)9-3-4-9)22(19,20)10-5-6-13(21-2)11(7-10)14(16)18/h5-7,9,12H,3-4,8,15H2,1-2H3,(H2,16,18). The largest absolute Gasteiger partial charge is 0.496 e. The minimum Gasteiger partial charge on any atom is -0.496 e. The molecule has 0 radical (unpaired) electrons. The van der Waals surface area contributed by atoms with Crippen LogP contribution in [0.2, 0.25) is 0 Å². The van der Waals surface area contributed by atoms with E-state index in [9.17, 15) is 13.2 Å². The van der Waals surface area contributed by atoms with Crippen LogP contribution in [0.4, 0.5) is 0 Å². The van der Waals surface area contributed by atoms with E-state index < -0.39 is 15.9 Å². The van der Waals surface area contributed by atoms with Crippen molar-refractivity contribution in [3.8, 4) is 5.75 Å². The molecule has 0 aromatic heterocycles. The fourth-order valence-electron chi connectivity index (χ4n) is 2.50. The SMILES string of the molecule is COc1ccc(S(=O)(=O)N(C)C(CN)C2CC2)cc1C(N)=O. The number of likely N-dealkylation sites (N-methyl/N-ethyl adjacent to an activating group) is 1. The highest BCUT2D eigenvalue weighted by molar-refractivity contribution is 7.89. The second-order valence-electron chi connectivity index (χ2n) is 5.39. The average Bonchev–Trinajstić information content (AvgIpc) is 3.31. The summed E-state index contributed by atoms with van der Waals surface area (Å²) < 4.78 is 31.7. The van der Waals surface area contributed by atoms with Gasteiger partial charge in [-0.3, -0.25) is 4.79 Å². The van der Waals surface area contributed by atoms with Crippen LogP contribution in [-0.2, 0) is 10.0 Å². The molecule has 0 saturated heterocycles. The summed E-state index contributed by atoms with van der Waals surface area (Å²) in [4.78, 5) is 11.5. The Hall–Kier alpha value is -1.64. The average molecular weight is 327 g/mol. The number of methoxy groups -OCH3 is 1. The number of rotatable bonds is 7. The normalized spacial score (nSPS) is 16.5. The predicted octanol–water partition coefficient (Wildman–Crippen LogP) is 0.152. The molecule has 1 aliphatic rings. The first-order chi connectivity index (χ1) is 10.3. The molecule has 0 heterocycles. The molecule has 1 fully saturated rings. The third kappa shape index (κ3) is 3.08. The number of nitrogens with zero attached hydrogens (tertiary/aromatic N) is 1. The van der Waals surface area contributed by atoms with Crippen LogP contribution < -0.4 is 16.2 Å². The van der Waals surface area contributed by atoms with Gasteiger partial charge in [-0.05, 0) is 37.0 Å². The van der Waals surface area contributed by atoms with E-state index in [1.807, 2.05) is 0 Å². The molecule has 1 aromatic carbocycles. The number of carbonyl (C=O) groups is 1. The maximum absolute atomic E-state index is 12.7. The van der Waals surface area contributed by atoms with E-state index in [0.29, 0.717) is 5.92 Å². The minimum absolute atomic E-state index is 0.00343. The molecule has 4 N–H and O–H groups in total. The van der Waals surface area contributed by atoms with Crippen LogP contribution >= 0.6 is 0 Å². The van der Waals surface area contributed by atoms with Crippen molar-refractivity contribution >= 4 is 15.9 Å². The molecular weight excluding hydrogens is 306 g/mol. The number of sulfonamides is 1. The van der Waals surface area contributed by atoms with Crippen LogP contribution in [0, 0.1) is 5.92 Å². The second kappa shape index (κ2) is 6.23. The van der Waals surface area contributed by atoms with Crippen molar-refractivity contribution in [2.45, 2.75) is 23.8 Å². The van der Waals surface area contributed by atoms with Crippen LogP contribution in [0.5, 0.6) is 5.75 Å². The molecule has 1 saturated carbocycles. The van der Waals surface area contributed by atoms with Gasteiger partial charge in [-0.25, -0.2) is 8.42 Å². The van der Waals surface area contributed by atoms with Gasteiger partial charge in [-0.1, -0.05) is 0 Å². The molecule has 0 spiro atoms. The van der Waals surface area contributed by atoms with Crippen molar-refractivity contribution in [1.82, 2.24) is 4.31 Å². The van der Waals surface area contributed by atoms with E-state index in [4.69, 9.17) is 16.2 Å². The lowest BCUT2D eigenvalue weighted by Crippen LogP contribution is -2.43. The molecule has 7 nitrogen and oxygen atoms in total. The third-order valence-electron chi connectivity index (χ3n) is 3.99. The number of primary amides is 1. The highest BCUT2D eigenvalue weighted by Gasteiger charge is 2.38. The highest BCUT2D eigenvalue weighted by atomic mass is 32.2. The Morgan fingerprint density at radius 1 is 1.45 bits per heavy atom. The van der Waals surface area contributed by atoms with Gasteiger partial charge >= 0.3 is 0 Å². The van der Waals surface area contributed by atoms with Gasteiger partial charge in [0.15, 0.2) is 0 Å². The Bertz CT molecular complexity index is 671. The first-order valence-corrected chi connectivity index (χ1v) is 8.43. The Kier molecular flexibility index (Phi) is 4.74. The summed E-state index contributed by atoms with van der Waals surface area (Å²) in [5.41, 5.74) is 11.0. The summed E-state index contributed by atoms with van der Waals surface area (Å²) in [6.45, 7) is 0.263. The maximum atomic E-state index is 12.7. The summed E-state index contributed by atoms with van der Waals surface area (Å²) in [5.74, 6) is -0.195. The van der Waals surface area contributed by atoms with E-state index in [1.54, 1.807) is 0 Å². The molecule has 0 aliphatic heterocycles. The Labute approximate surface area is 130 Å². The molecule has 1 atom stereocenters. The summed E-state index contributed by atoms with van der Waals surface area (Å²) >= 11 is 0. The lowest BCUT2D eigenvalue weighted by Gasteiger charge is -2.26. The van der Waals surface area contributed by atoms with Gasteiger partial charge in [0.05, 0.1) is 17.6 Å². The molecule has 1 aromatic rings. The zero-order valence-electron chi connectivity index (χ0n) is 12.7. The van der Waals surface area contributed by atoms with Crippen molar-refractivity contribution in [2.75, 3.05) is 20.7 Å². The summed E-state index contributed by atoms with van der Waals surface area (Å²) in [6, 6.07) is 3.84. The fraction of sp³-hybridized carbons (Fsp3) is 0.500. The first kappa shape index (κ1) is 16.7. The van der Waals surface area contributed by atoms with Crippen molar-refractivity contribution in [1.29, 1.82) is 0 Å². The molecule has 1 unspecified atom stereocenters. The van der Waals surface area contributed by atoms with E-state index in [0.717, 1.165) is 12.8 Å². The molecule has 1 aliphatic carbocycles. The van der Waals surface area contributed by atoms with Crippen LogP contribution in [0.3, 0.4) is 0 Å². The maximum Gasteiger partial charge on any atom is 0.252 e. The lowest BCUT2D eigenvalue weighted by molar-refractivity contribution is 0.0997. The number of ether oxygens (including phenoxy) is 1. The van der Waals surface area contributed by atoms with Crippen molar-refractivity contribution < 1.29 is 17.9 Å². The summed E-state index contributed by atoms with van der Waals surface area (Å²) in [5, 5.41) is 0. The lowest BCUT2D eigenvalue weighted by atomic mass is 10.2. The van der Waals surface area contributed by atoms with Gasteiger partial charge in [0.25, 0.3) is 5.91 Å².